The molecule has 2 heteroatoms. The number of carbonyl (C=O) groups is 1. The van der Waals surface area contributed by atoms with Crippen molar-refractivity contribution in [2.24, 2.45) is 17.6 Å². The highest BCUT2D eigenvalue weighted by Gasteiger charge is 2.40. The minimum absolute atomic E-state index is 0.0824. The summed E-state index contributed by atoms with van der Waals surface area (Å²) < 4.78 is 0. The molecule has 2 atom stereocenters. The lowest BCUT2D eigenvalue weighted by atomic mass is 10.1. The maximum Gasteiger partial charge on any atom is 0.220 e. The fourth-order valence-corrected chi connectivity index (χ4v) is 2.10. The standard InChI is InChI=1S/C12H23NO/c1-2-3-4-5-6-7-8-10-9-11(10)12(13)14/h10-11H,2-9H2,1H3,(H2,13,14). The molecular formula is C12H23NO. The minimum Gasteiger partial charge on any atom is -0.369 e. The zero-order chi connectivity index (χ0) is 10.4. The number of amides is 1. The topological polar surface area (TPSA) is 43.1 Å². The Morgan fingerprint density at radius 2 is 1.86 bits per heavy atom. The summed E-state index contributed by atoms with van der Waals surface area (Å²) >= 11 is 0. The molecule has 0 aromatic heterocycles. The summed E-state index contributed by atoms with van der Waals surface area (Å²) in [6.45, 7) is 2.24. The lowest BCUT2D eigenvalue weighted by Gasteiger charge is -1.99. The van der Waals surface area contributed by atoms with Gasteiger partial charge in [-0.15, -0.1) is 0 Å². The predicted octanol–water partition coefficient (Wildman–Crippen LogP) is 2.86. The van der Waals surface area contributed by atoms with E-state index in [1.165, 1.54) is 44.9 Å². The highest BCUT2D eigenvalue weighted by molar-refractivity contribution is 5.79. The normalized spacial score (nSPS) is 24.9. The van der Waals surface area contributed by atoms with Crippen LogP contribution < -0.4 is 5.73 Å². The molecule has 0 aromatic carbocycles. The molecule has 2 N–H and O–H groups in total. The summed E-state index contributed by atoms with van der Waals surface area (Å²) in [5.74, 6) is 0.783. The number of rotatable bonds is 8. The fourth-order valence-electron chi connectivity index (χ4n) is 2.10. The second kappa shape index (κ2) is 6.05. The molecular weight excluding hydrogens is 174 g/mol. The van der Waals surface area contributed by atoms with Crippen LogP contribution in [0.15, 0.2) is 0 Å². The van der Waals surface area contributed by atoms with Gasteiger partial charge in [-0.05, 0) is 18.8 Å². The highest BCUT2D eigenvalue weighted by atomic mass is 16.1. The molecule has 82 valence electrons. The first-order valence-electron chi connectivity index (χ1n) is 6.05. The van der Waals surface area contributed by atoms with E-state index < -0.39 is 0 Å². The number of nitrogens with two attached hydrogens (primary N) is 1. The first-order chi connectivity index (χ1) is 6.75. The van der Waals surface area contributed by atoms with E-state index in [1.807, 2.05) is 0 Å². The minimum atomic E-state index is -0.0824. The van der Waals surface area contributed by atoms with E-state index in [0.29, 0.717) is 5.92 Å². The second-order valence-corrected chi connectivity index (χ2v) is 4.56. The van der Waals surface area contributed by atoms with Crippen molar-refractivity contribution < 1.29 is 4.79 Å². The van der Waals surface area contributed by atoms with Crippen LogP contribution in [0.5, 0.6) is 0 Å². The summed E-state index contributed by atoms with van der Waals surface area (Å²) in [4.78, 5) is 10.8. The van der Waals surface area contributed by atoms with Crippen LogP contribution >= 0.6 is 0 Å². The maximum absolute atomic E-state index is 10.8. The van der Waals surface area contributed by atoms with Crippen LogP contribution in [0.1, 0.15) is 58.3 Å². The van der Waals surface area contributed by atoms with Gasteiger partial charge in [0.25, 0.3) is 0 Å². The van der Waals surface area contributed by atoms with Gasteiger partial charge in [-0.2, -0.15) is 0 Å². The zero-order valence-corrected chi connectivity index (χ0v) is 9.30. The molecule has 0 saturated heterocycles. The predicted molar refractivity (Wildman–Crippen MR) is 58.8 cm³/mol. The molecule has 14 heavy (non-hydrogen) atoms. The van der Waals surface area contributed by atoms with Gasteiger partial charge >= 0.3 is 0 Å². The third-order valence-corrected chi connectivity index (χ3v) is 3.22. The first-order valence-corrected chi connectivity index (χ1v) is 6.05. The van der Waals surface area contributed by atoms with Crippen molar-refractivity contribution in [1.29, 1.82) is 0 Å². The van der Waals surface area contributed by atoms with E-state index >= 15 is 0 Å². The van der Waals surface area contributed by atoms with Gasteiger partial charge in [-0.3, -0.25) is 4.79 Å². The fraction of sp³-hybridized carbons (Fsp3) is 0.917. The molecule has 0 aliphatic heterocycles. The highest BCUT2D eigenvalue weighted by Crippen LogP contribution is 2.41. The molecule has 2 nitrogen and oxygen atoms in total. The van der Waals surface area contributed by atoms with Crippen LogP contribution in [0, 0.1) is 11.8 Å². The van der Waals surface area contributed by atoms with Gasteiger partial charge in [-0.25, -0.2) is 0 Å². The van der Waals surface area contributed by atoms with E-state index in [-0.39, 0.29) is 11.8 Å². The van der Waals surface area contributed by atoms with E-state index in [4.69, 9.17) is 5.73 Å². The molecule has 0 bridgehead atoms. The van der Waals surface area contributed by atoms with Gasteiger partial charge in [0.15, 0.2) is 0 Å². The van der Waals surface area contributed by atoms with Crippen molar-refractivity contribution in [3.63, 3.8) is 0 Å². The number of hydrogen-bond donors (Lipinski definition) is 1. The molecule has 0 heterocycles. The second-order valence-electron chi connectivity index (χ2n) is 4.56. The van der Waals surface area contributed by atoms with Crippen molar-refractivity contribution in [3.05, 3.63) is 0 Å². The van der Waals surface area contributed by atoms with Crippen molar-refractivity contribution >= 4 is 5.91 Å². The number of unbranched alkanes of at least 4 members (excludes halogenated alkanes) is 5. The van der Waals surface area contributed by atoms with E-state index in [9.17, 15) is 4.79 Å². The van der Waals surface area contributed by atoms with Crippen LogP contribution in [0.2, 0.25) is 0 Å². The Morgan fingerprint density at radius 3 is 2.43 bits per heavy atom. The molecule has 1 fully saturated rings. The van der Waals surface area contributed by atoms with E-state index in [2.05, 4.69) is 6.92 Å². The van der Waals surface area contributed by atoms with Gasteiger partial charge in [0.05, 0.1) is 0 Å². The molecule has 0 spiro atoms. The average Bonchev–Trinajstić information content (AvgIpc) is 2.90. The quantitative estimate of drug-likeness (QED) is 0.597. The number of carbonyl (C=O) groups excluding carboxylic acids is 1. The van der Waals surface area contributed by atoms with Crippen LogP contribution in [0.3, 0.4) is 0 Å². The van der Waals surface area contributed by atoms with Crippen molar-refractivity contribution in [3.8, 4) is 0 Å². The zero-order valence-electron chi connectivity index (χ0n) is 9.30. The lowest BCUT2D eigenvalue weighted by molar-refractivity contribution is -0.119. The number of hydrogen-bond acceptors (Lipinski definition) is 1. The Hall–Kier alpha value is -0.530. The molecule has 1 saturated carbocycles. The summed E-state index contributed by atoms with van der Waals surface area (Å²) in [6.07, 6.45) is 10.3. The molecule has 2 unspecified atom stereocenters. The Balaban J connectivity index is 1.84. The van der Waals surface area contributed by atoms with Crippen LogP contribution in [-0.4, -0.2) is 5.91 Å². The van der Waals surface area contributed by atoms with Crippen LogP contribution in [-0.2, 0) is 4.79 Å². The summed E-state index contributed by atoms with van der Waals surface area (Å²) in [5, 5.41) is 0. The van der Waals surface area contributed by atoms with Gasteiger partial charge in [0.2, 0.25) is 5.91 Å². The molecule has 0 radical (unpaired) electrons. The van der Waals surface area contributed by atoms with Crippen molar-refractivity contribution in [1.82, 2.24) is 0 Å². The maximum atomic E-state index is 10.8. The molecule has 1 aliphatic carbocycles. The third kappa shape index (κ3) is 4.12. The molecule has 1 rings (SSSR count). The SMILES string of the molecule is CCCCCCCCC1CC1C(N)=O. The van der Waals surface area contributed by atoms with Gasteiger partial charge in [0.1, 0.15) is 0 Å². The van der Waals surface area contributed by atoms with Crippen molar-refractivity contribution in [2.45, 2.75) is 58.3 Å². The van der Waals surface area contributed by atoms with Crippen molar-refractivity contribution in [2.75, 3.05) is 0 Å². The van der Waals surface area contributed by atoms with Crippen LogP contribution in [0.4, 0.5) is 0 Å². The summed E-state index contributed by atoms with van der Waals surface area (Å²) in [5.41, 5.74) is 5.22. The molecule has 1 aliphatic rings. The number of primary amides is 1. The summed E-state index contributed by atoms with van der Waals surface area (Å²) in [6, 6.07) is 0. The Labute approximate surface area is 87.2 Å². The summed E-state index contributed by atoms with van der Waals surface area (Å²) in [7, 11) is 0. The van der Waals surface area contributed by atoms with Crippen LogP contribution in [0.25, 0.3) is 0 Å². The average molecular weight is 197 g/mol. The first kappa shape index (κ1) is 11.5. The monoisotopic (exact) mass is 197 g/mol. The Bertz CT molecular complexity index is 179. The van der Waals surface area contributed by atoms with E-state index in [0.717, 1.165) is 6.42 Å². The molecule has 1 amide bonds. The Morgan fingerprint density at radius 1 is 1.21 bits per heavy atom. The third-order valence-electron chi connectivity index (χ3n) is 3.22. The largest absolute Gasteiger partial charge is 0.369 e. The van der Waals surface area contributed by atoms with Gasteiger partial charge in [-0.1, -0.05) is 45.4 Å². The smallest absolute Gasteiger partial charge is 0.220 e. The Kier molecular flexibility index (Phi) is 4.99. The molecule has 0 aromatic rings. The lowest BCUT2D eigenvalue weighted by Crippen LogP contribution is -2.13. The van der Waals surface area contributed by atoms with Gasteiger partial charge in [0, 0.05) is 5.92 Å². The van der Waals surface area contributed by atoms with Gasteiger partial charge < -0.3 is 5.73 Å². The van der Waals surface area contributed by atoms with E-state index in [1.54, 1.807) is 0 Å².